The molecule has 64 valence electrons. The van der Waals surface area contributed by atoms with E-state index in [0.717, 1.165) is 16.6 Å². The van der Waals surface area contributed by atoms with E-state index >= 15 is 0 Å². The molecule has 0 fully saturated rings. The molecule has 0 saturated heterocycles. The molecule has 2 aromatic rings. The Labute approximate surface area is 75.2 Å². The highest BCUT2D eigenvalue weighted by atomic mass is 16.3. The zero-order valence-corrected chi connectivity index (χ0v) is 6.91. The largest absolute Gasteiger partial charge is 0.390 e. The first-order valence-electron chi connectivity index (χ1n) is 3.96. The van der Waals surface area contributed by atoms with E-state index < -0.39 is 0 Å². The summed E-state index contributed by atoms with van der Waals surface area (Å²) in [5.41, 5.74) is 2.14. The van der Waals surface area contributed by atoms with Crippen molar-refractivity contribution < 1.29 is 5.11 Å². The molecule has 3 heteroatoms. The van der Waals surface area contributed by atoms with Crippen molar-refractivity contribution >= 4 is 10.9 Å². The van der Waals surface area contributed by atoms with Crippen molar-refractivity contribution in [1.82, 2.24) is 4.98 Å². The smallest absolute Gasteiger partial charge is 0.101 e. The van der Waals surface area contributed by atoms with Crippen LogP contribution in [0.3, 0.4) is 0 Å². The molecule has 0 amide bonds. The van der Waals surface area contributed by atoms with Gasteiger partial charge in [-0.1, -0.05) is 12.1 Å². The molecule has 0 atom stereocenters. The zero-order chi connectivity index (χ0) is 9.26. The lowest BCUT2D eigenvalue weighted by Crippen LogP contribution is -1.81. The first kappa shape index (κ1) is 7.84. The van der Waals surface area contributed by atoms with Crippen molar-refractivity contribution in [2.75, 3.05) is 0 Å². The number of rotatable bonds is 1. The maximum absolute atomic E-state index is 8.89. The molecule has 0 aliphatic carbocycles. The summed E-state index contributed by atoms with van der Waals surface area (Å²) in [6.07, 6.45) is 0. The predicted octanol–water partition coefficient (Wildman–Crippen LogP) is 1.53. The van der Waals surface area contributed by atoms with E-state index in [1.54, 1.807) is 6.07 Å². The fourth-order valence-electron chi connectivity index (χ4n) is 1.39. The number of aromatic amines is 1. The van der Waals surface area contributed by atoms with Crippen molar-refractivity contribution in [3.63, 3.8) is 0 Å². The molecule has 2 N–H and O–H groups in total. The number of nitrogens with one attached hydrogen (secondary N) is 1. The number of aromatic nitrogens is 1. The minimum absolute atomic E-state index is 0.0282. The van der Waals surface area contributed by atoms with E-state index in [4.69, 9.17) is 10.4 Å². The van der Waals surface area contributed by atoms with Crippen LogP contribution in [-0.2, 0) is 6.61 Å². The Morgan fingerprint density at radius 1 is 1.46 bits per heavy atom. The molecule has 0 radical (unpaired) electrons. The molecule has 0 aliphatic heterocycles. The maximum atomic E-state index is 8.89. The van der Waals surface area contributed by atoms with Gasteiger partial charge in [0, 0.05) is 11.1 Å². The molecule has 1 aromatic heterocycles. The van der Waals surface area contributed by atoms with Crippen molar-refractivity contribution in [2.24, 2.45) is 0 Å². The Hall–Kier alpha value is -1.79. The van der Waals surface area contributed by atoms with Crippen LogP contribution in [0.2, 0.25) is 0 Å². The quantitative estimate of drug-likeness (QED) is 0.685. The van der Waals surface area contributed by atoms with E-state index in [2.05, 4.69) is 11.1 Å². The summed E-state index contributed by atoms with van der Waals surface area (Å²) in [7, 11) is 0. The van der Waals surface area contributed by atoms with E-state index in [0.29, 0.717) is 5.56 Å². The maximum Gasteiger partial charge on any atom is 0.101 e. The van der Waals surface area contributed by atoms with Gasteiger partial charge in [-0.3, -0.25) is 0 Å². The third kappa shape index (κ3) is 1.17. The second-order valence-electron chi connectivity index (χ2n) is 2.83. The van der Waals surface area contributed by atoms with Gasteiger partial charge in [-0.2, -0.15) is 5.26 Å². The predicted molar refractivity (Wildman–Crippen MR) is 48.9 cm³/mol. The number of benzene rings is 1. The normalized spacial score (nSPS) is 10.2. The summed E-state index contributed by atoms with van der Waals surface area (Å²) < 4.78 is 0. The van der Waals surface area contributed by atoms with Crippen LogP contribution in [0.15, 0.2) is 24.3 Å². The van der Waals surface area contributed by atoms with E-state index in [1.807, 2.05) is 18.2 Å². The van der Waals surface area contributed by atoms with E-state index in [9.17, 15) is 0 Å². The lowest BCUT2D eigenvalue weighted by Gasteiger charge is -1.90. The highest BCUT2D eigenvalue weighted by Gasteiger charge is 2.03. The van der Waals surface area contributed by atoms with Crippen LogP contribution in [0.5, 0.6) is 0 Å². The van der Waals surface area contributed by atoms with Crippen molar-refractivity contribution in [2.45, 2.75) is 6.61 Å². The molecular weight excluding hydrogens is 164 g/mol. The molecule has 0 spiro atoms. The van der Waals surface area contributed by atoms with E-state index in [1.165, 1.54) is 0 Å². The Kier molecular flexibility index (Phi) is 1.76. The van der Waals surface area contributed by atoms with Gasteiger partial charge in [-0.05, 0) is 12.1 Å². The third-order valence-corrected chi connectivity index (χ3v) is 2.00. The SMILES string of the molecule is N#Cc1cccc2cc(CO)[nH]c12. The molecule has 0 unspecified atom stereocenters. The molecule has 2 rings (SSSR count). The van der Waals surface area contributed by atoms with Gasteiger partial charge in [-0.15, -0.1) is 0 Å². The van der Waals surface area contributed by atoms with Crippen molar-refractivity contribution in [1.29, 1.82) is 5.26 Å². The number of para-hydroxylation sites is 1. The lowest BCUT2D eigenvalue weighted by atomic mass is 10.2. The van der Waals surface area contributed by atoms with Crippen molar-refractivity contribution in [3.8, 4) is 6.07 Å². The Bertz CT molecular complexity index is 479. The molecule has 3 nitrogen and oxygen atoms in total. The number of nitriles is 1. The highest BCUT2D eigenvalue weighted by Crippen LogP contribution is 2.18. The molecule has 0 bridgehead atoms. The van der Waals surface area contributed by atoms with Gasteiger partial charge >= 0.3 is 0 Å². The van der Waals surface area contributed by atoms with Gasteiger partial charge in [0.1, 0.15) is 6.07 Å². The van der Waals surface area contributed by atoms with Gasteiger partial charge in [0.05, 0.1) is 17.7 Å². The second-order valence-corrected chi connectivity index (χ2v) is 2.83. The van der Waals surface area contributed by atoms with Gasteiger partial charge in [0.2, 0.25) is 0 Å². The van der Waals surface area contributed by atoms with Crippen LogP contribution in [-0.4, -0.2) is 10.1 Å². The molecule has 13 heavy (non-hydrogen) atoms. The summed E-state index contributed by atoms with van der Waals surface area (Å²) in [6.45, 7) is -0.0282. The van der Waals surface area contributed by atoms with Crippen molar-refractivity contribution in [3.05, 3.63) is 35.5 Å². The number of hydrogen-bond acceptors (Lipinski definition) is 2. The van der Waals surface area contributed by atoms with E-state index in [-0.39, 0.29) is 6.61 Å². The Balaban J connectivity index is 2.76. The topological polar surface area (TPSA) is 59.8 Å². The van der Waals surface area contributed by atoms with Gasteiger partial charge < -0.3 is 10.1 Å². The number of H-pyrrole nitrogens is 1. The van der Waals surface area contributed by atoms with Crippen LogP contribution >= 0.6 is 0 Å². The lowest BCUT2D eigenvalue weighted by molar-refractivity contribution is 0.278. The van der Waals surface area contributed by atoms with Gasteiger partial charge in [-0.25, -0.2) is 0 Å². The van der Waals surface area contributed by atoms with Gasteiger partial charge in [0.15, 0.2) is 0 Å². The summed E-state index contributed by atoms with van der Waals surface area (Å²) >= 11 is 0. The minimum atomic E-state index is -0.0282. The first-order chi connectivity index (χ1) is 6.35. The zero-order valence-electron chi connectivity index (χ0n) is 6.91. The molecular formula is C10H8N2O. The molecule has 0 aliphatic rings. The standard InChI is InChI=1S/C10H8N2O/c11-5-8-3-1-2-7-4-9(6-13)12-10(7)8/h1-4,12-13H,6H2. The summed E-state index contributed by atoms with van der Waals surface area (Å²) in [5.74, 6) is 0. The minimum Gasteiger partial charge on any atom is -0.390 e. The number of nitrogens with zero attached hydrogens (tertiary/aromatic N) is 1. The summed E-state index contributed by atoms with van der Waals surface area (Å²) in [4.78, 5) is 2.99. The third-order valence-electron chi connectivity index (χ3n) is 2.00. The molecule has 1 heterocycles. The number of hydrogen-bond donors (Lipinski definition) is 2. The Morgan fingerprint density at radius 3 is 3.00 bits per heavy atom. The van der Waals surface area contributed by atoms with Crippen LogP contribution in [0, 0.1) is 11.3 Å². The fraction of sp³-hybridized carbons (Fsp3) is 0.100. The highest BCUT2D eigenvalue weighted by molar-refractivity contribution is 5.85. The number of aliphatic hydroxyl groups excluding tert-OH is 1. The van der Waals surface area contributed by atoms with Crippen LogP contribution in [0.25, 0.3) is 10.9 Å². The fourth-order valence-corrected chi connectivity index (χ4v) is 1.39. The monoisotopic (exact) mass is 172 g/mol. The summed E-state index contributed by atoms with van der Waals surface area (Å²) in [6, 6.07) is 9.43. The van der Waals surface area contributed by atoms with Crippen LogP contribution in [0.1, 0.15) is 11.3 Å². The van der Waals surface area contributed by atoms with Crippen LogP contribution in [0.4, 0.5) is 0 Å². The number of fused-ring (bicyclic) bond motifs is 1. The number of aliphatic hydroxyl groups is 1. The average molecular weight is 172 g/mol. The van der Waals surface area contributed by atoms with Gasteiger partial charge in [0.25, 0.3) is 0 Å². The first-order valence-corrected chi connectivity index (χ1v) is 3.96. The Morgan fingerprint density at radius 2 is 2.31 bits per heavy atom. The second kappa shape index (κ2) is 2.92. The molecule has 1 aromatic carbocycles. The molecule has 0 saturated carbocycles. The average Bonchev–Trinajstić information content (AvgIpc) is 2.59. The summed E-state index contributed by atoms with van der Waals surface area (Å²) in [5, 5.41) is 18.6. The van der Waals surface area contributed by atoms with Crippen LogP contribution < -0.4 is 0 Å².